The maximum Gasteiger partial charge on any atom is 0.221 e. The van der Waals surface area contributed by atoms with Crippen LogP contribution in [0.15, 0.2) is 30.3 Å². The van der Waals surface area contributed by atoms with E-state index in [4.69, 9.17) is 5.73 Å². The van der Waals surface area contributed by atoms with Gasteiger partial charge in [0.05, 0.1) is 0 Å². The Morgan fingerprint density at radius 3 is 2.43 bits per heavy atom. The van der Waals surface area contributed by atoms with Gasteiger partial charge in [0.2, 0.25) is 5.91 Å². The van der Waals surface area contributed by atoms with E-state index in [9.17, 15) is 4.79 Å². The molecule has 0 aromatic heterocycles. The average molecular weight is 362 g/mol. The van der Waals surface area contributed by atoms with Gasteiger partial charge in [0.15, 0.2) is 0 Å². The van der Waals surface area contributed by atoms with E-state index in [2.05, 4.69) is 40.5 Å². The highest BCUT2D eigenvalue weighted by molar-refractivity contribution is 5.85. The van der Waals surface area contributed by atoms with Crippen LogP contribution in [0.2, 0.25) is 0 Å². The summed E-state index contributed by atoms with van der Waals surface area (Å²) >= 11 is 0. The van der Waals surface area contributed by atoms with Gasteiger partial charge in [-0.25, -0.2) is 0 Å². The van der Waals surface area contributed by atoms with Crippen LogP contribution < -0.4 is 11.1 Å². The normalized spacial score (nSPS) is 16.8. The van der Waals surface area contributed by atoms with Crippen molar-refractivity contribution in [1.29, 1.82) is 0 Å². The molecule has 1 unspecified atom stereocenters. The van der Waals surface area contributed by atoms with Gasteiger partial charge in [0.25, 0.3) is 0 Å². The third kappa shape index (κ3) is 8.56. The van der Waals surface area contributed by atoms with E-state index < -0.39 is 0 Å². The van der Waals surface area contributed by atoms with Gasteiger partial charge < -0.3 is 11.1 Å². The Morgan fingerprint density at radius 1 is 1.26 bits per heavy atom. The van der Waals surface area contributed by atoms with Crippen molar-refractivity contribution in [1.82, 2.24) is 10.2 Å². The van der Waals surface area contributed by atoms with Gasteiger partial charge in [-0.15, -0.1) is 24.8 Å². The summed E-state index contributed by atoms with van der Waals surface area (Å²) < 4.78 is 0. The van der Waals surface area contributed by atoms with E-state index in [1.807, 2.05) is 6.92 Å². The van der Waals surface area contributed by atoms with Crippen LogP contribution in [0.4, 0.5) is 0 Å². The van der Waals surface area contributed by atoms with Crippen molar-refractivity contribution in [2.75, 3.05) is 19.6 Å². The summed E-state index contributed by atoms with van der Waals surface area (Å²) in [4.78, 5) is 14.1. The van der Waals surface area contributed by atoms with Gasteiger partial charge in [-0.3, -0.25) is 9.69 Å². The van der Waals surface area contributed by atoms with Crippen molar-refractivity contribution in [3.05, 3.63) is 35.9 Å². The number of hydrogen-bond acceptors (Lipinski definition) is 3. The molecule has 0 aliphatic carbocycles. The predicted molar refractivity (Wildman–Crippen MR) is 100 cm³/mol. The second-order valence-electron chi connectivity index (χ2n) is 6.19. The van der Waals surface area contributed by atoms with Crippen LogP contribution in [-0.4, -0.2) is 36.5 Å². The van der Waals surface area contributed by atoms with Crippen molar-refractivity contribution < 1.29 is 4.79 Å². The molecule has 0 radical (unpaired) electrons. The topological polar surface area (TPSA) is 58.4 Å². The Labute approximate surface area is 152 Å². The summed E-state index contributed by atoms with van der Waals surface area (Å²) in [6, 6.07) is 10.5. The van der Waals surface area contributed by atoms with Crippen LogP contribution in [0.25, 0.3) is 0 Å². The molecule has 2 rings (SSSR count). The molecule has 1 aliphatic rings. The van der Waals surface area contributed by atoms with E-state index in [1.165, 1.54) is 5.56 Å². The van der Waals surface area contributed by atoms with Crippen LogP contribution in [0.5, 0.6) is 0 Å². The van der Waals surface area contributed by atoms with Crippen LogP contribution in [-0.2, 0) is 11.3 Å². The lowest BCUT2D eigenvalue weighted by Gasteiger charge is -2.32. The Hall–Kier alpha value is -0.810. The minimum Gasteiger partial charge on any atom is -0.356 e. The lowest BCUT2D eigenvalue weighted by atomic mass is 9.96. The highest BCUT2D eigenvalue weighted by Crippen LogP contribution is 2.18. The minimum absolute atomic E-state index is 0. The first-order valence-corrected chi connectivity index (χ1v) is 7.92. The third-order valence-electron chi connectivity index (χ3n) is 4.05. The SMILES string of the molecule is CC(N)CC(=O)NCC1CCN(Cc2ccccc2)CC1.Cl.Cl. The number of nitrogens with one attached hydrogen (secondary N) is 1. The lowest BCUT2D eigenvalue weighted by Crippen LogP contribution is -2.39. The Bertz CT molecular complexity index is 435. The van der Waals surface area contributed by atoms with Crippen molar-refractivity contribution >= 4 is 30.7 Å². The molecule has 1 aromatic rings. The van der Waals surface area contributed by atoms with Crippen molar-refractivity contribution in [3.63, 3.8) is 0 Å². The van der Waals surface area contributed by atoms with E-state index in [-0.39, 0.29) is 36.8 Å². The molecule has 0 spiro atoms. The average Bonchev–Trinajstić information content (AvgIpc) is 2.47. The van der Waals surface area contributed by atoms with Gasteiger partial charge in [-0.05, 0) is 44.3 Å². The zero-order valence-corrected chi connectivity index (χ0v) is 15.4. The largest absolute Gasteiger partial charge is 0.356 e. The van der Waals surface area contributed by atoms with Gasteiger partial charge in [0, 0.05) is 25.6 Å². The van der Waals surface area contributed by atoms with E-state index in [0.717, 1.165) is 39.0 Å². The Kier molecular flexibility index (Phi) is 11.3. The number of likely N-dealkylation sites (tertiary alicyclic amines) is 1. The van der Waals surface area contributed by atoms with E-state index in [1.54, 1.807) is 0 Å². The van der Waals surface area contributed by atoms with Gasteiger partial charge in [-0.1, -0.05) is 30.3 Å². The van der Waals surface area contributed by atoms with Crippen molar-refractivity contribution in [2.45, 2.75) is 38.8 Å². The summed E-state index contributed by atoms with van der Waals surface area (Å²) in [5.41, 5.74) is 7.00. The molecule has 3 N–H and O–H groups in total. The molecule has 4 nitrogen and oxygen atoms in total. The maximum atomic E-state index is 11.6. The van der Waals surface area contributed by atoms with E-state index >= 15 is 0 Å². The molecule has 0 saturated carbocycles. The molecule has 1 saturated heterocycles. The van der Waals surface area contributed by atoms with Crippen LogP contribution in [0, 0.1) is 5.92 Å². The summed E-state index contributed by atoms with van der Waals surface area (Å²) in [7, 11) is 0. The number of carbonyl (C=O) groups excluding carboxylic acids is 1. The fourth-order valence-electron chi connectivity index (χ4n) is 2.81. The molecular formula is C17H29Cl2N3O. The first kappa shape index (κ1) is 22.2. The van der Waals surface area contributed by atoms with Crippen LogP contribution in [0.3, 0.4) is 0 Å². The molecule has 132 valence electrons. The zero-order valence-electron chi connectivity index (χ0n) is 13.7. The molecule has 1 heterocycles. The second-order valence-corrected chi connectivity index (χ2v) is 6.19. The molecule has 23 heavy (non-hydrogen) atoms. The summed E-state index contributed by atoms with van der Waals surface area (Å²) in [5, 5.41) is 3.01. The number of hydrogen-bond donors (Lipinski definition) is 2. The molecule has 1 aliphatic heterocycles. The molecule has 1 aromatic carbocycles. The third-order valence-corrected chi connectivity index (χ3v) is 4.05. The summed E-state index contributed by atoms with van der Waals surface area (Å²) in [5.74, 6) is 0.686. The number of nitrogens with two attached hydrogens (primary N) is 1. The number of amides is 1. The summed E-state index contributed by atoms with van der Waals surface area (Å²) in [6.45, 7) is 5.92. The lowest BCUT2D eigenvalue weighted by molar-refractivity contribution is -0.121. The first-order chi connectivity index (χ1) is 10.1. The van der Waals surface area contributed by atoms with Crippen LogP contribution in [0.1, 0.15) is 31.7 Å². The van der Waals surface area contributed by atoms with E-state index in [0.29, 0.717) is 12.3 Å². The number of piperidine rings is 1. The van der Waals surface area contributed by atoms with Gasteiger partial charge in [0.1, 0.15) is 0 Å². The quantitative estimate of drug-likeness (QED) is 0.818. The number of halogens is 2. The number of carbonyl (C=O) groups is 1. The number of rotatable bonds is 6. The molecular weight excluding hydrogens is 333 g/mol. The smallest absolute Gasteiger partial charge is 0.221 e. The predicted octanol–water partition coefficient (Wildman–Crippen LogP) is 2.60. The Morgan fingerprint density at radius 2 is 1.87 bits per heavy atom. The maximum absolute atomic E-state index is 11.6. The monoisotopic (exact) mass is 361 g/mol. The number of nitrogens with zero attached hydrogens (tertiary/aromatic N) is 1. The second kappa shape index (κ2) is 11.7. The molecule has 1 amide bonds. The molecule has 6 heteroatoms. The first-order valence-electron chi connectivity index (χ1n) is 7.92. The molecule has 1 atom stereocenters. The fraction of sp³-hybridized carbons (Fsp3) is 0.588. The van der Waals surface area contributed by atoms with Crippen molar-refractivity contribution in [3.8, 4) is 0 Å². The highest BCUT2D eigenvalue weighted by Gasteiger charge is 2.19. The van der Waals surface area contributed by atoms with Crippen LogP contribution >= 0.6 is 24.8 Å². The molecule has 1 fully saturated rings. The minimum atomic E-state index is -0.0577. The Balaban J connectivity index is 0.00000242. The van der Waals surface area contributed by atoms with Crippen molar-refractivity contribution in [2.24, 2.45) is 11.7 Å². The summed E-state index contributed by atoms with van der Waals surface area (Å²) in [6.07, 6.45) is 2.74. The fourth-order valence-corrected chi connectivity index (χ4v) is 2.81. The number of benzene rings is 1. The van der Waals surface area contributed by atoms with Gasteiger partial charge >= 0.3 is 0 Å². The highest BCUT2D eigenvalue weighted by atomic mass is 35.5. The standard InChI is InChI=1S/C17H27N3O.2ClH/c1-14(18)11-17(21)19-12-15-7-9-20(10-8-15)13-16-5-3-2-4-6-16;;/h2-6,14-15H,7-13,18H2,1H3,(H,19,21);2*1H. The zero-order chi connectivity index (χ0) is 15.1. The van der Waals surface area contributed by atoms with Gasteiger partial charge in [-0.2, -0.15) is 0 Å². The molecule has 0 bridgehead atoms.